The summed E-state index contributed by atoms with van der Waals surface area (Å²) in [5.41, 5.74) is 10.4. The van der Waals surface area contributed by atoms with Gasteiger partial charge in [0.15, 0.2) is 0 Å². The third-order valence-electron chi connectivity index (χ3n) is 3.03. The number of nitrogens with zero attached hydrogens (tertiary/aromatic N) is 2. The second kappa shape index (κ2) is 4.25. The van der Waals surface area contributed by atoms with Crippen molar-refractivity contribution in [1.29, 1.82) is 0 Å². The zero-order valence-electron chi connectivity index (χ0n) is 9.28. The van der Waals surface area contributed by atoms with Gasteiger partial charge in [-0.25, -0.2) is 4.68 Å². The molecule has 17 heavy (non-hydrogen) atoms. The van der Waals surface area contributed by atoms with Crippen molar-refractivity contribution in [2.45, 2.75) is 19.6 Å². The second-order valence-electron chi connectivity index (χ2n) is 4.07. The number of benzene rings is 1. The molecule has 0 saturated carbocycles. The zero-order valence-corrected chi connectivity index (χ0v) is 10.9. The van der Waals surface area contributed by atoms with Crippen LogP contribution in [-0.2, 0) is 19.6 Å². The lowest BCUT2D eigenvalue weighted by Crippen LogP contribution is -2.12. The van der Waals surface area contributed by atoms with E-state index >= 15 is 0 Å². The van der Waals surface area contributed by atoms with Crippen molar-refractivity contribution in [3.05, 3.63) is 45.7 Å². The summed E-state index contributed by atoms with van der Waals surface area (Å²) in [5.74, 6) is 0. The maximum atomic E-state index is 5.84. The van der Waals surface area contributed by atoms with Crippen molar-refractivity contribution in [2.24, 2.45) is 5.73 Å². The van der Waals surface area contributed by atoms with Gasteiger partial charge in [-0.15, -0.1) is 0 Å². The smallest absolute Gasteiger partial charge is 0.0815 e. The number of fused-ring (bicyclic) bond motifs is 1. The molecule has 0 bridgehead atoms. The minimum absolute atomic E-state index is 0.514. The van der Waals surface area contributed by atoms with Crippen LogP contribution >= 0.6 is 15.9 Å². The monoisotopic (exact) mass is 292 g/mol. The van der Waals surface area contributed by atoms with Crippen LogP contribution in [0.4, 0.5) is 0 Å². The van der Waals surface area contributed by atoms with Gasteiger partial charge < -0.3 is 11.1 Å². The first-order chi connectivity index (χ1) is 8.29. The number of aromatic nitrogens is 2. The van der Waals surface area contributed by atoms with E-state index in [1.807, 2.05) is 28.9 Å². The molecule has 0 fully saturated rings. The number of hydrogen-bond acceptors (Lipinski definition) is 3. The lowest BCUT2D eigenvalue weighted by molar-refractivity contribution is 0.698. The number of halogens is 1. The molecular formula is C12H13BrN4. The Morgan fingerprint density at radius 2 is 2.06 bits per heavy atom. The van der Waals surface area contributed by atoms with Gasteiger partial charge in [-0.3, -0.25) is 0 Å². The summed E-state index contributed by atoms with van der Waals surface area (Å²) >= 11 is 3.43. The largest absolute Gasteiger partial charge is 0.325 e. The molecule has 0 aliphatic carbocycles. The van der Waals surface area contributed by atoms with E-state index in [1.165, 1.54) is 5.56 Å². The standard InChI is InChI=1S/C12H13BrN4/c13-8-1-3-9(4-2-8)17-12(5-14)10-6-15-7-11(10)16-17/h1-4,15H,5-7,14H2. The van der Waals surface area contributed by atoms with E-state index in [9.17, 15) is 0 Å². The first kappa shape index (κ1) is 11.0. The van der Waals surface area contributed by atoms with Crippen LogP contribution in [0.1, 0.15) is 17.0 Å². The maximum Gasteiger partial charge on any atom is 0.0815 e. The van der Waals surface area contributed by atoms with Gasteiger partial charge in [0.1, 0.15) is 0 Å². The molecule has 1 aliphatic rings. The quantitative estimate of drug-likeness (QED) is 0.886. The van der Waals surface area contributed by atoms with Gasteiger partial charge in [-0.1, -0.05) is 15.9 Å². The molecule has 0 amide bonds. The van der Waals surface area contributed by atoms with Gasteiger partial charge in [0.2, 0.25) is 0 Å². The second-order valence-corrected chi connectivity index (χ2v) is 4.98. The van der Waals surface area contributed by atoms with Gasteiger partial charge in [-0.05, 0) is 24.3 Å². The normalized spacial score (nSPS) is 14.0. The third kappa shape index (κ3) is 1.80. The summed E-state index contributed by atoms with van der Waals surface area (Å²) in [5, 5.41) is 7.91. The molecular weight excluding hydrogens is 280 g/mol. The minimum Gasteiger partial charge on any atom is -0.325 e. The lowest BCUT2D eigenvalue weighted by atomic mass is 10.2. The van der Waals surface area contributed by atoms with E-state index in [0.717, 1.165) is 34.6 Å². The summed E-state index contributed by atoms with van der Waals surface area (Å²) < 4.78 is 3.02. The summed E-state index contributed by atoms with van der Waals surface area (Å²) in [6, 6.07) is 8.11. The zero-order chi connectivity index (χ0) is 11.8. The van der Waals surface area contributed by atoms with Crippen molar-refractivity contribution < 1.29 is 0 Å². The molecule has 1 aliphatic heterocycles. The van der Waals surface area contributed by atoms with Crippen LogP contribution < -0.4 is 11.1 Å². The minimum atomic E-state index is 0.514. The molecule has 2 aromatic rings. The topological polar surface area (TPSA) is 55.9 Å². The predicted octanol–water partition coefficient (Wildman–Crippen LogP) is 1.70. The highest BCUT2D eigenvalue weighted by molar-refractivity contribution is 9.10. The van der Waals surface area contributed by atoms with E-state index in [2.05, 4.69) is 26.3 Å². The van der Waals surface area contributed by atoms with Crippen LogP contribution in [0.2, 0.25) is 0 Å². The molecule has 1 aromatic heterocycles. The van der Waals surface area contributed by atoms with Crippen molar-refractivity contribution in [1.82, 2.24) is 15.1 Å². The van der Waals surface area contributed by atoms with Crippen molar-refractivity contribution in [2.75, 3.05) is 0 Å². The first-order valence-electron chi connectivity index (χ1n) is 5.56. The molecule has 0 saturated heterocycles. The maximum absolute atomic E-state index is 5.84. The van der Waals surface area contributed by atoms with Crippen LogP contribution in [0, 0.1) is 0 Å². The fourth-order valence-corrected chi connectivity index (χ4v) is 2.46. The van der Waals surface area contributed by atoms with Gasteiger partial charge in [0.25, 0.3) is 0 Å². The van der Waals surface area contributed by atoms with E-state index in [-0.39, 0.29) is 0 Å². The summed E-state index contributed by atoms with van der Waals surface area (Å²) in [4.78, 5) is 0. The van der Waals surface area contributed by atoms with E-state index < -0.39 is 0 Å². The van der Waals surface area contributed by atoms with Crippen LogP contribution in [0.25, 0.3) is 5.69 Å². The number of hydrogen-bond donors (Lipinski definition) is 2. The summed E-state index contributed by atoms with van der Waals surface area (Å²) in [7, 11) is 0. The first-order valence-corrected chi connectivity index (χ1v) is 6.35. The predicted molar refractivity (Wildman–Crippen MR) is 69.7 cm³/mol. The van der Waals surface area contributed by atoms with Gasteiger partial charge in [-0.2, -0.15) is 5.10 Å². The van der Waals surface area contributed by atoms with Crippen molar-refractivity contribution >= 4 is 15.9 Å². The molecule has 3 N–H and O–H groups in total. The molecule has 3 rings (SSSR count). The molecule has 0 unspecified atom stereocenters. The highest BCUT2D eigenvalue weighted by atomic mass is 79.9. The molecule has 4 nitrogen and oxygen atoms in total. The summed E-state index contributed by atoms with van der Waals surface area (Å²) in [6.45, 7) is 2.23. The van der Waals surface area contributed by atoms with Crippen LogP contribution in [0.5, 0.6) is 0 Å². The van der Waals surface area contributed by atoms with Crippen LogP contribution in [-0.4, -0.2) is 9.78 Å². The Hall–Kier alpha value is -1.17. The number of rotatable bonds is 2. The average molecular weight is 293 g/mol. The Bertz CT molecular complexity index is 544. The fourth-order valence-electron chi connectivity index (χ4n) is 2.19. The lowest BCUT2D eigenvalue weighted by Gasteiger charge is -2.07. The highest BCUT2D eigenvalue weighted by Crippen LogP contribution is 2.23. The van der Waals surface area contributed by atoms with Crippen LogP contribution in [0.3, 0.4) is 0 Å². The molecule has 2 heterocycles. The summed E-state index contributed by atoms with van der Waals surface area (Å²) in [6.07, 6.45) is 0. The molecule has 0 spiro atoms. The van der Waals surface area contributed by atoms with Gasteiger partial charge >= 0.3 is 0 Å². The Balaban J connectivity index is 2.11. The van der Waals surface area contributed by atoms with Gasteiger partial charge in [0.05, 0.1) is 17.1 Å². The Morgan fingerprint density at radius 3 is 2.76 bits per heavy atom. The van der Waals surface area contributed by atoms with Crippen molar-refractivity contribution in [3.63, 3.8) is 0 Å². The molecule has 5 heteroatoms. The Morgan fingerprint density at radius 1 is 1.29 bits per heavy atom. The van der Waals surface area contributed by atoms with E-state index in [4.69, 9.17) is 5.73 Å². The molecule has 0 atom stereocenters. The average Bonchev–Trinajstić information content (AvgIpc) is 2.89. The van der Waals surface area contributed by atoms with Gasteiger partial charge in [0, 0.05) is 29.7 Å². The van der Waals surface area contributed by atoms with E-state index in [1.54, 1.807) is 0 Å². The SMILES string of the molecule is NCc1c2c(nn1-c1ccc(Br)cc1)CNC2. The van der Waals surface area contributed by atoms with Crippen LogP contribution in [0.15, 0.2) is 28.7 Å². The number of nitrogens with one attached hydrogen (secondary N) is 1. The van der Waals surface area contributed by atoms with Crippen molar-refractivity contribution in [3.8, 4) is 5.69 Å². The fraction of sp³-hybridized carbons (Fsp3) is 0.250. The highest BCUT2D eigenvalue weighted by Gasteiger charge is 2.21. The Labute approximate surface area is 108 Å². The molecule has 88 valence electrons. The Kier molecular flexibility index (Phi) is 2.74. The molecule has 0 radical (unpaired) electrons. The molecule has 1 aromatic carbocycles. The number of nitrogens with two attached hydrogens (primary N) is 1. The van der Waals surface area contributed by atoms with E-state index in [0.29, 0.717) is 6.54 Å². The third-order valence-corrected chi connectivity index (χ3v) is 3.56.